The molecule has 0 spiro atoms. The van der Waals surface area contributed by atoms with Gasteiger partial charge in [-0.25, -0.2) is 0 Å². The normalized spacial score (nSPS) is 16.2. The molecule has 1 fully saturated rings. The van der Waals surface area contributed by atoms with Crippen LogP contribution in [-0.2, 0) is 4.79 Å². The van der Waals surface area contributed by atoms with Crippen LogP contribution in [0.3, 0.4) is 0 Å². The quantitative estimate of drug-likeness (QED) is 0.616. The molecule has 1 saturated carbocycles. The lowest BCUT2D eigenvalue weighted by atomic mass is 9.66. The van der Waals surface area contributed by atoms with Gasteiger partial charge in [-0.3, -0.25) is 14.9 Å². The second kappa shape index (κ2) is 5.48. The van der Waals surface area contributed by atoms with Crippen molar-refractivity contribution in [3.63, 3.8) is 0 Å². The molecule has 0 amide bonds. The largest absolute Gasteiger partial charge is 0.481 e. The smallest absolute Gasteiger partial charge is 0.303 e. The van der Waals surface area contributed by atoms with Gasteiger partial charge in [0.1, 0.15) is 0 Å². The zero-order chi connectivity index (χ0) is 14.8. The van der Waals surface area contributed by atoms with E-state index in [1.165, 1.54) is 6.07 Å². The molecule has 2 N–H and O–H groups in total. The monoisotopic (exact) mass is 278 g/mol. The van der Waals surface area contributed by atoms with E-state index >= 15 is 0 Å². The zero-order valence-corrected chi connectivity index (χ0v) is 11.4. The van der Waals surface area contributed by atoms with E-state index in [-0.39, 0.29) is 17.5 Å². The van der Waals surface area contributed by atoms with E-state index < -0.39 is 10.9 Å². The zero-order valence-electron chi connectivity index (χ0n) is 11.4. The number of carboxylic acid groups (broad SMARTS) is 1. The van der Waals surface area contributed by atoms with E-state index in [4.69, 9.17) is 5.11 Å². The Kier molecular flexibility index (Phi) is 3.92. The van der Waals surface area contributed by atoms with Crippen molar-refractivity contribution in [1.29, 1.82) is 0 Å². The number of nitro groups is 1. The van der Waals surface area contributed by atoms with Gasteiger partial charge in [0.05, 0.1) is 11.3 Å². The van der Waals surface area contributed by atoms with E-state index in [1.54, 1.807) is 19.1 Å². The number of nitrogens with one attached hydrogen (secondary N) is 1. The number of carboxylic acids is 1. The Labute approximate surface area is 117 Å². The maximum Gasteiger partial charge on any atom is 0.303 e. The van der Waals surface area contributed by atoms with Crippen LogP contribution in [0.25, 0.3) is 0 Å². The van der Waals surface area contributed by atoms with Crippen molar-refractivity contribution in [2.75, 3.05) is 11.9 Å². The van der Waals surface area contributed by atoms with Gasteiger partial charge < -0.3 is 10.4 Å². The molecule has 1 aliphatic rings. The molecule has 0 radical (unpaired) electrons. The molecule has 0 unspecified atom stereocenters. The van der Waals surface area contributed by atoms with Crippen LogP contribution < -0.4 is 5.32 Å². The molecule has 6 nitrogen and oxygen atoms in total. The average Bonchev–Trinajstić information content (AvgIpc) is 2.33. The number of hydrogen-bond acceptors (Lipinski definition) is 4. The third kappa shape index (κ3) is 2.89. The third-order valence-corrected chi connectivity index (χ3v) is 4.10. The maximum absolute atomic E-state index is 10.9. The number of benzene rings is 1. The molecule has 20 heavy (non-hydrogen) atoms. The number of rotatable bonds is 6. The molecule has 0 heterocycles. The molecular weight excluding hydrogens is 260 g/mol. The van der Waals surface area contributed by atoms with Crippen LogP contribution in [-0.4, -0.2) is 22.5 Å². The minimum Gasteiger partial charge on any atom is -0.481 e. The van der Waals surface area contributed by atoms with E-state index in [1.807, 2.05) is 0 Å². The SMILES string of the molecule is Cc1c(NCC2(CC(=O)O)CCC2)cccc1[N+](=O)[O-]. The van der Waals surface area contributed by atoms with Crippen molar-refractivity contribution in [3.05, 3.63) is 33.9 Å². The highest BCUT2D eigenvalue weighted by Crippen LogP contribution is 2.44. The van der Waals surface area contributed by atoms with Crippen molar-refractivity contribution < 1.29 is 14.8 Å². The van der Waals surface area contributed by atoms with Gasteiger partial charge in [0.25, 0.3) is 5.69 Å². The van der Waals surface area contributed by atoms with Crippen molar-refractivity contribution in [2.45, 2.75) is 32.6 Å². The molecule has 6 heteroatoms. The van der Waals surface area contributed by atoms with E-state index in [0.717, 1.165) is 19.3 Å². The van der Waals surface area contributed by atoms with Gasteiger partial charge in [0.15, 0.2) is 0 Å². The molecular formula is C14H18N2O4. The standard InChI is InChI=1S/C14H18N2O4/c1-10-11(4-2-5-12(10)16(19)20)15-9-14(6-3-7-14)8-13(17)18/h2,4-5,15H,3,6-9H2,1H3,(H,17,18). The number of anilines is 1. The first kappa shape index (κ1) is 14.3. The summed E-state index contributed by atoms with van der Waals surface area (Å²) in [6.07, 6.45) is 2.97. The fourth-order valence-corrected chi connectivity index (χ4v) is 2.71. The Balaban J connectivity index is 2.09. The molecule has 0 aromatic heterocycles. The van der Waals surface area contributed by atoms with Gasteiger partial charge in [-0.2, -0.15) is 0 Å². The predicted molar refractivity (Wildman–Crippen MR) is 74.9 cm³/mol. The molecule has 1 aromatic rings. The third-order valence-electron chi connectivity index (χ3n) is 4.10. The topological polar surface area (TPSA) is 92.5 Å². The predicted octanol–water partition coefficient (Wildman–Crippen LogP) is 2.96. The number of nitrogens with zero attached hydrogens (tertiary/aromatic N) is 1. The van der Waals surface area contributed by atoms with Crippen LogP contribution in [0.5, 0.6) is 0 Å². The van der Waals surface area contributed by atoms with Gasteiger partial charge in [0, 0.05) is 23.9 Å². The van der Waals surface area contributed by atoms with E-state index in [9.17, 15) is 14.9 Å². The highest BCUT2D eigenvalue weighted by Gasteiger charge is 2.38. The molecule has 0 atom stereocenters. The fourth-order valence-electron chi connectivity index (χ4n) is 2.71. The van der Waals surface area contributed by atoms with Crippen LogP contribution in [0, 0.1) is 22.5 Å². The lowest BCUT2D eigenvalue weighted by Gasteiger charge is -2.41. The van der Waals surface area contributed by atoms with Crippen LogP contribution in [0.1, 0.15) is 31.2 Å². The molecule has 0 saturated heterocycles. The highest BCUT2D eigenvalue weighted by molar-refractivity contribution is 5.68. The summed E-state index contributed by atoms with van der Waals surface area (Å²) < 4.78 is 0. The van der Waals surface area contributed by atoms with Crippen LogP contribution in [0.2, 0.25) is 0 Å². The number of carbonyl (C=O) groups is 1. The Hall–Kier alpha value is -2.11. The molecule has 1 aliphatic carbocycles. The molecule has 0 aliphatic heterocycles. The van der Waals surface area contributed by atoms with Gasteiger partial charge >= 0.3 is 5.97 Å². The minimum atomic E-state index is -0.790. The van der Waals surface area contributed by atoms with Crippen molar-refractivity contribution in [1.82, 2.24) is 0 Å². The second-order valence-corrected chi connectivity index (χ2v) is 5.48. The van der Waals surface area contributed by atoms with E-state index in [2.05, 4.69) is 5.32 Å². The first-order chi connectivity index (χ1) is 9.43. The first-order valence-corrected chi connectivity index (χ1v) is 6.63. The lowest BCUT2D eigenvalue weighted by molar-refractivity contribution is -0.385. The van der Waals surface area contributed by atoms with Gasteiger partial charge in [0.2, 0.25) is 0 Å². The summed E-state index contributed by atoms with van der Waals surface area (Å²) in [6.45, 7) is 2.24. The second-order valence-electron chi connectivity index (χ2n) is 5.48. The van der Waals surface area contributed by atoms with Crippen LogP contribution in [0.4, 0.5) is 11.4 Å². The summed E-state index contributed by atoms with van der Waals surface area (Å²) in [6, 6.07) is 4.89. The van der Waals surface area contributed by atoms with E-state index in [0.29, 0.717) is 17.8 Å². The summed E-state index contributed by atoms with van der Waals surface area (Å²) in [5, 5.41) is 23.0. The Morgan fingerprint density at radius 2 is 2.20 bits per heavy atom. The first-order valence-electron chi connectivity index (χ1n) is 6.63. The maximum atomic E-state index is 10.9. The van der Waals surface area contributed by atoms with Gasteiger partial charge in [-0.1, -0.05) is 12.5 Å². The Morgan fingerprint density at radius 3 is 2.70 bits per heavy atom. The summed E-state index contributed by atoms with van der Waals surface area (Å²) in [5.74, 6) is -0.790. The highest BCUT2D eigenvalue weighted by atomic mass is 16.6. The summed E-state index contributed by atoms with van der Waals surface area (Å²) >= 11 is 0. The van der Waals surface area contributed by atoms with Crippen molar-refractivity contribution >= 4 is 17.3 Å². The average molecular weight is 278 g/mol. The summed E-state index contributed by atoms with van der Waals surface area (Å²) in [5.41, 5.74) is 1.16. The Morgan fingerprint density at radius 1 is 1.50 bits per heavy atom. The number of nitro benzene ring substituents is 1. The number of hydrogen-bond donors (Lipinski definition) is 2. The van der Waals surface area contributed by atoms with Gasteiger partial charge in [-0.05, 0) is 31.2 Å². The summed E-state index contributed by atoms with van der Waals surface area (Å²) in [4.78, 5) is 21.4. The lowest BCUT2D eigenvalue weighted by Crippen LogP contribution is -2.38. The van der Waals surface area contributed by atoms with Crippen LogP contribution in [0.15, 0.2) is 18.2 Å². The summed E-state index contributed by atoms with van der Waals surface area (Å²) in [7, 11) is 0. The van der Waals surface area contributed by atoms with Crippen molar-refractivity contribution in [3.8, 4) is 0 Å². The molecule has 108 valence electrons. The Bertz CT molecular complexity index is 538. The fraction of sp³-hybridized carbons (Fsp3) is 0.500. The molecule has 1 aromatic carbocycles. The molecule has 2 rings (SSSR count). The molecule has 0 bridgehead atoms. The number of aliphatic carboxylic acids is 1. The van der Waals surface area contributed by atoms with Crippen LogP contribution >= 0.6 is 0 Å². The minimum absolute atomic E-state index is 0.0795. The van der Waals surface area contributed by atoms with Gasteiger partial charge in [-0.15, -0.1) is 0 Å². The van der Waals surface area contributed by atoms with Crippen molar-refractivity contribution in [2.24, 2.45) is 5.41 Å².